The van der Waals surface area contributed by atoms with Gasteiger partial charge in [0, 0.05) is 6.04 Å². The Morgan fingerprint density at radius 1 is 1.39 bits per heavy atom. The van der Waals surface area contributed by atoms with E-state index in [0.717, 1.165) is 9.47 Å². The molecule has 3 rings (SSSR count). The van der Waals surface area contributed by atoms with Crippen molar-refractivity contribution in [3.63, 3.8) is 0 Å². The van der Waals surface area contributed by atoms with Gasteiger partial charge in [-0.15, -0.1) is 10.2 Å². The third kappa shape index (κ3) is 4.50. The summed E-state index contributed by atoms with van der Waals surface area (Å²) in [6.45, 7) is 1.81. The van der Waals surface area contributed by atoms with E-state index in [4.69, 9.17) is 23.2 Å². The molecule has 1 aromatic carbocycles. The van der Waals surface area contributed by atoms with Gasteiger partial charge in [0.15, 0.2) is 4.34 Å². The minimum absolute atomic E-state index is 0.161. The number of nitrogens with zero attached hydrogens (tertiary/aromatic N) is 2. The number of halogens is 2. The highest BCUT2D eigenvalue weighted by Gasteiger charge is 2.23. The first kappa shape index (κ1) is 16.8. The minimum atomic E-state index is -0.327. The molecular weight excluding hydrogens is 375 g/mol. The maximum absolute atomic E-state index is 12.3. The van der Waals surface area contributed by atoms with Gasteiger partial charge in [-0.2, -0.15) is 0 Å². The second-order valence-electron chi connectivity index (χ2n) is 5.14. The van der Waals surface area contributed by atoms with Crippen LogP contribution in [0.1, 0.15) is 19.8 Å². The maximum Gasteiger partial charge on any atom is 0.237 e. The van der Waals surface area contributed by atoms with Crippen molar-refractivity contribution in [2.75, 3.05) is 10.6 Å². The second kappa shape index (κ2) is 7.25. The van der Waals surface area contributed by atoms with Crippen LogP contribution in [0.4, 0.5) is 10.8 Å². The van der Waals surface area contributed by atoms with Crippen LogP contribution >= 0.6 is 46.3 Å². The molecule has 1 aliphatic rings. The first-order chi connectivity index (χ1) is 11.0. The minimum Gasteiger partial charge on any atom is -0.357 e. The highest BCUT2D eigenvalue weighted by molar-refractivity contribution is 8.02. The standard InChI is InChI=1S/C14H14Cl2N4OS2/c1-7(12(21)18-10-4-2-3-9(15)11(10)16)22-14-20-19-13(23-14)17-8-5-6-8/h2-4,7-8H,5-6H2,1H3,(H,17,19)(H,18,21). The zero-order valence-electron chi connectivity index (χ0n) is 12.2. The molecule has 1 atom stereocenters. The van der Waals surface area contributed by atoms with Crippen molar-refractivity contribution < 1.29 is 4.79 Å². The van der Waals surface area contributed by atoms with E-state index in [1.807, 2.05) is 6.92 Å². The van der Waals surface area contributed by atoms with Gasteiger partial charge >= 0.3 is 0 Å². The Labute approximate surface area is 152 Å². The smallest absolute Gasteiger partial charge is 0.237 e. The van der Waals surface area contributed by atoms with E-state index in [1.54, 1.807) is 18.2 Å². The monoisotopic (exact) mass is 388 g/mol. The normalized spacial score (nSPS) is 15.3. The summed E-state index contributed by atoms with van der Waals surface area (Å²) >= 11 is 14.8. The number of carbonyl (C=O) groups excluding carboxylic acids is 1. The lowest BCUT2D eigenvalue weighted by atomic mass is 10.3. The number of hydrogen-bond donors (Lipinski definition) is 2. The Morgan fingerprint density at radius 3 is 2.91 bits per heavy atom. The van der Waals surface area contributed by atoms with Gasteiger partial charge in [0.25, 0.3) is 0 Å². The highest BCUT2D eigenvalue weighted by atomic mass is 35.5. The fraction of sp³-hybridized carbons (Fsp3) is 0.357. The van der Waals surface area contributed by atoms with Gasteiger partial charge in [-0.1, -0.05) is 52.4 Å². The molecular formula is C14H14Cl2N4OS2. The van der Waals surface area contributed by atoms with Crippen molar-refractivity contribution in [1.29, 1.82) is 0 Å². The molecule has 1 unspecified atom stereocenters. The molecule has 1 aromatic heterocycles. The van der Waals surface area contributed by atoms with Crippen molar-refractivity contribution in [1.82, 2.24) is 10.2 Å². The zero-order chi connectivity index (χ0) is 16.4. The van der Waals surface area contributed by atoms with Crippen LogP contribution in [0.15, 0.2) is 22.5 Å². The number of nitrogens with one attached hydrogen (secondary N) is 2. The number of benzene rings is 1. The summed E-state index contributed by atoms with van der Waals surface area (Å²) in [6.07, 6.45) is 2.36. The number of amides is 1. The zero-order valence-corrected chi connectivity index (χ0v) is 15.3. The molecule has 1 fully saturated rings. The number of thioether (sulfide) groups is 1. The molecule has 1 heterocycles. The van der Waals surface area contributed by atoms with Crippen LogP contribution in [0, 0.1) is 0 Å². The van der Waals surface area contributed by atoms with Gasteiger partial charge in [0.2, 0.25) is 11.0 Å². The molecule has 1 saturated carbocycles. The Kier molecular flexibility index (Phi) is 5.31. The van der Waals surface area contributed by atoms with Crippen molar-refractivity contribution >= 4 is 63.0 Å². The maximum atomic E-state index is 12.3. The van der Waals surface area contributed by atoms with Crippen LogP contribution < -0.4 is 10.6 Å². The van der Waals surface area contributed by atoms with Gasteiger partial charge in [-0.3, -0.25) is 4.79 Å². The number of carbonyl (C=O) groups is 1. The molecule has 1 amide bonds. The predicted molar refractivity (Wildman–Crippen MR) is 97.0 cm³/mol. The van der Waals surface area contributed by atoms with E-state index in [0.29, 0.717) is 21.8 Å². The lowest BCUT2D eigenvalue weighted by Crippen LogP contribution is -2.22. The van der Waals surface area contributed by atoms with Crippen LogP contribution in [0.2, 0.25) is 10.0 Å². The number of rotatable bonds is 6. The summed E-state index contributed by atoms with van der Waals surface area (Å²) in [7, 11) is 0. The third-order valence-corrected chi connectivity index (χ3v) is 6.03. The summed E-state index contributed by atoms with van der Waals surface area (Å²) in [5.41, 5.74) is 0.505. The quantitative estimate of drug-likeness (QED) is 0.710. The molecule has 0 spiro atoms. The molecule has 0 bridgehead atoms. The first-order valence-corrected chi connectivity index (χ1v) is 9.49. The Hall–Kier alpha value is -1.02. The molecule has 23 heavy (non-hydrogen) atoms. The molecule has 0 saturated heterocycles. The summed E-state index contributed by atoms with van der Waals surface area (Å²) in [4.78, 5) is 12.3. The topological polar surface area (TPSA) is 66.9 Å². The molecule has 122 valence electrons. The van der Waals surface area contributed by atoms with E-state index < -0.39 is 0 Å². The Bertz CT molecular complexity index is 721. The fourth-order valence-electron chi connectivity index (χ4n) is 1.76. The summed E-state index contributed by atoms with van der Waals surface area (Å²) in [6, 6.07) is 5.66. The number of anilines is 2. The number of hydrogen-bond acceptors (Lipinski definition) is 6. The lowest BCUT2D eigenvalue weighted by molar-refractivity contribution is -0.115. The molecule has 5 nitrogen and oxygen atoms in total. The van der Waals surface area contributed by atoms with E-state index in [-0.39, 0.29) is 11.2 Å². The van der Waals surface area contributed by atoms with Gasteiger partial charge in [0.05, 0.1) is 21.0 Å². The summed E-state index contributed by atoms with van der Waals surface area (Å²) in [5.74, 6) is -0.161. The number of aromatic nitrogens is 2. The average molecular weight is 389 g/mol. The fourth-order valence-corrected chi connectivity index (χ4v) is 4.08. The van der Waals surface area contributed by atoms with Crippen LogP contribution in [0.25, 0.3) is 0 Å². The van der Waals surface area contributed by atoms with E-state index in [2.05, 4.69) is 20.8 Å². The van der Waals surface area contributed by atoms with Crippen molar-refractivity contribution in [3.05, 3.63) is 28.2 Å². The molecule has 1 aliphatic carbocycles. The van der Waals surface area contributed by atoms with E-state index >= 15 is 0 Å². The predicted octanol–water partition coefficient (Wildman–Crippen LogP) is 4.54. The van der Waals surface area contributed by atoms with Gasteiger partial charge in [0.1, 0.15) is 0 Å². The summed E-state index contributed by atoms with van der Waals surface area (Å²) < 4.78 is 0.757. The SMILES string of the molecule is CC(Sc1nnc(NC2CC2)s1)C(=O)Nc1cccc(Cl)c1Cl. The molecule has 2 aromatic rings. The van der Waals surface area contributed by atoms with E-state index in [9.17, 15) is 4.79 Å². The molecule has 0 radical (unpaired) electrons. The van der Waals surface area contributed by atoms with Crippen LogP contribution in [-0.2, 0) is 4.79 Å². The first-order valence-electron chi connectivity index (χ1n) is 7.04. The van der Waals surface area contributed by atoms with Gasteiger partial charge in [-0.25, -0.2) is 0 Å². The van der Waals surface area contributed by atoms with Gasteiger partial charge < -0.3 is 10.6 Å². The third-order valence-electron chi connectivity index (χ3n) is 3.17. The van der Waals surface area contributed by atoms with Gasteiger partial charge in [-0.05, 0) is 31.9 Å². The largest absolute Gasteiger partial charge is 0.357 e. The Balaban J connectivity index is 1.58. The Morgan fingerprint density at radius 2 is 2.17 bits per heavy atom. The second-order valence-corrected chi connectivity index (χ2v) is 8.49. The van der Waals surface area contributed by atoms with Crippen molar-refractivity contribution in [3.8, 4) is 0 Å². The van der Waals surface area contributed by atoms with Crippen LogP contribution in [-0.4, -0.2) is 27.4 Å². The van der Waals surface area contributed by atoms with Crippen molar-refractivity contribution in [2.24, 2.45) is 0 Å². The average Bonchev–Trinajstić information content (AvgIpc) is 3.22. The molecule has 9 heteroatoms. The lowest BCUT2D eigenvalue weighted by Gasteiger charge is -2.11. The molecule has 0 aliphatic heterocycles. The summed E-state index contributed by atoms with van der Waals surface area (Å²) in [5, 5.41) is 15.5. The van der Waals surface area contributed by atoms with Crippen LogP contribution in [0.5, 0.6) is 0 Å². The van der Waals surface area contributed by atoms with E-state index in [1.165, 1.54) is 35.9 Å². The van der Waals surface area contributed by atoms with Crippen molar-refractivity contribution in [2.45, 2.75) is 35.4 Å². The molecule has 2 N–H and O–H groups in total. The van der Waals surface area contributed by atoms with Crippen LogP contribution in [0.3, 0.4) is 0 Å². The highest BCUT2D eigenvalue weighted by Crippen LogP contribution is 2.33.